The molecule has 0 saturated carbocycles. The second kappa shape index (κ2) is 6.67. The molecule has 2 rings (SSSR count). The minimum absolute atomic E-state index is 0.0903. The highest BCUT2D eigenvalue weighted by molar-refractivity contribution is 5.97. The fourth-order valence-electron chi connectivity index (χ4n) is 2.46. The van der Waals surface area contributed by atoms with E-state index < -0.39 is 5.82 Å². The molecule has 1 unspecified atom stereocenters. The second-order valence-corrected chi connectivity index (χ2v) is 5.17. The summed E-state index contributed by atoms with van der Waals surface area (Å²) in [5.41, 5.74) is 6.66. The van der Waals surface area contributed by atoms with E-state index in [1.807, 2.05) is 7.05 Å². The van der Waals surface area contributed by atoms with Crippen molar-refractivity contribution in [1.29, 1.82) is 0 Å². The van der Waals surface area contributed by atoms with Crippen molar-refractivity contribution in [1.82, 2.24) is 4.90 Å². The normalized spacial score (nSPS) is 19.8. The molecule has 0 radical (unpaired) electrons. The number of nitrogens with two attached hydrogens (primary N) is 1. The van der Waals surface area contributed by atoms with Gasteiger partial charge in [-0.1, -0.05) is 5.16 Å². The van der Waals surface area contributed by atoms with E-state index in [0.717, 1.165) is 31.6 Å². The number of amidine groups is 1. The third-order valence-corrected chi connectivity index (χ3v) is 3.35. The van der Waals surface area contributed by atoms with Gasteiger partial charge in [0.25, 0.3) is 0 Å². The highest BCUT2D eigenvalue weighted by atomic mass is 19.1. The summed E-state index contributed by atoms with van der Waals surface area (Å²) in [7, 11) is 1.97. The molecule has 20 heavy (non-hydrogen) atoms. The minimum Gasteiger partial charge on any atom is -0.409 e. The van der Waals surface area contributed by atoms with Crippen molar-refractivity contribution in [2.24, 2.45) is 10.9 Å². The van der Waals surface area contributed by atoms with Gasteiger partial charge in [0.2, 0.25) is 0 Å². The molecule has 0 aromatic heterocycles. The van der Waals surface area contributed by atoms with Crippen LogP contribution in [0.4, 0.5) is 4.39 Å². The van der Waals surface area contributed by atoms with Crippen LogP contribution in [0.5, 0.6) is 0 Å². The molecule has 0 bridgehead atoms. The van der Waals surface area contributed by atoms with Crippen LogP contribution in [-0.4, -0.2) is 42.2 Å². The van der Waals surface area contributed by atoms with E-state index in [1.54, 1.807) is 6.07 Å². The minimum atomic E-state index is -0.394. The number of hydrogen-bond acceptors (Lipinski definition) is 4. The number of oxime groups is 1. The number of rotatable bonds is 5. The van der Waals surface area contributed by atoms with E-state index in [4.69, 9.17) is 15.7 Å². The molecule has 1 aliphatic heterocycles. The maximum absolute atomic E-state index is 13.5. The van der Waals surface area contributed by atoms with Crippen LogP contribution in [0.2, 0.25) is 0 Å². The van der Waals surface area contributed by atoms with Gasteiger partial charge in [-0.05, 0) is 43.7 Å². The van der Waals surface area contributed by atoms with Gasteiger partial charge in [-0.15, -0.1) is 0 Å². The first-order chi connectivity index (χ1) is 9.58. The van der Waals surface area contributed by atoms with Crippen molar-refractivity contribution >= 4 is 5.84 Å². The highest BCUT2D eigenvalue weighted by Crippen LogP contribution is 2.15. The predicted molar refractivity (Wildman–Crippen MR) is 74.2 cm³/mol. The van der Waals surface area contributed by atoms with Gasteiger partial charge in [0, 0.05) is 25.3 Å². The Hall–Kier alpha value is -1.66. The topological polar surface area (TPSA) is 71.1 Å². The van der Waals surface area contributed by atoms with Crippen LogP contribution in [0, 0.1) is 5.82 Å². The molecule has 0 aliphatic carbocycles. The molecule has 1 aromatic rings. The third kappa shape index (κ3) is 3.91. The summed E-state index contributed by atoms with van der Waals surface area (Å²) in [5.74, 6) is -0.484. The summed E-state index contributed by atoms with van der Waals surface area (Å²) in [4.78, 5) is 2.08. The summed E-state index contributed by atoms with van der Waals surface area (Å²) in [6.45, 7) is 2.23. The lowest BCUT2D eigenvalue weighted by atomic mass is 10.1. The van der Waals surface area contributed by atoms with Crippen LogP contribution in [0.3, 0.4) is 0 Å². The SMILES string of the molecule is CN(Cc1cc(F)cc(/C(N)=N/O)c1)CC1CCCO1. The molecule has 1 saturated heterocycles. The molecule has 0 amide bonds. The van der Waals surface area contributed by atoms with E-state index in [1.165, 1.54) is 12.1 Å². The number of hydrogen-bond donors (Lipinski definition) is 2. The Morgan fingerprint density at radius 2 is 2.35 bits per heavy atom. The summed E-state index contributed by atoms with van der Waals surface area (Å²) >= 11 is 0. The Bertz CT molecular complexity index is 487. The molecule has 110 valence electrons. The zero-order valence-electron chi connectivity index (χ0n) is 11.6. The van der Waals surface area contributed by atoms with Gasteiger partial charge in [0.1, 0.15) is 5.82 Å². The van der Waals surface area contributed by atoms with Crippen LogP contribution < -0.4 is 5.73 Å². The summed E-state index contributed by atoms with van der Waals surface area (Å²) < 4.78 is 19.1. The second-order valence-electron chi connectivity index (χ2n) is 5.17. The maximum Gasteiger partial charge on any atom is 0.170 e. The van der Waals surface area contributed by atoms with Gasteiger partial charge in [0.05, 0.1) is 6.10 Å². The standard InChI is InChI=1S/C14H20FN3O2/c1-18(9-13-3-2-4-20-13)8-10-5-11(14(16)17-19)7-12(15)6-10/h5-7,13,19H,2-4,8-9H2,1H3,(H2,16,17). The lowest BCUT2D eigenvalue weighted by Crippen LogP contribution is -2.28. The fourth-order valence-corrected chi connectivity index (χ4v) is 2.46. The first kappa shape index (κ1) is 14.7. The molecular weight excluding hydrogens is 261 g/mol. The molecular formula is C14H20FN3O2. The van der Waals surface area contributed by atoms with Crippen LogP contribution in [0.1, 0.15) is 24.0 Å². The Morgan fingerprint density at radius 1 is 1.55 bits per heavy atom. The molecule has 0 spiro atoms. The zero-order valence-corrected chi connectivity index (χ0v) is 11.6. The number of ether oxygens (including phenoxy) is 1. The van der Waals surface area contributed by atoms with Gasteiger partial charge in [0.15, 0.2) is 5.84 Å². The molecule has 1 aliphatic rings. The first-order valence-electron chi connectivity index (χ1n) is 6.66. The van der Waals surface area contributed by atoms with Crippen LogP contribution in [0.25, 0.3) is 0 Å². The highest BCUT2D eigenvalue weighted by Gasteiger charge is 2.17. The smallest absolute Gasteiger partial charge is 0.170 e. The Morgan fingerprint density at radius 3 is 3.00 bits per heavy atom. The molecule has 5 nitrogen and oxygen atoms in total. The van der Waals surface area contributed by atoms with Gasteiger partial charge in [-0.25, -0.2) is 4.39 Å². The average molecular weight is 281 g/mol. The fraction of sp³-hybridized carbons (Fsp3) is 0.500. The van der Waals surface area contributed by atoms with Crippen LogP contribution in [0.15, 0.2) is 23.4 Å². The van der Waals surface area contributed by atoms with E-state index in [9.17, 15) is 4.39 Å². The van der Waals surface area contributed by atoms with Crippen molar-refractivity contribution in [2.75, 3.05) is 20.2 Å². The molecule has 1 fully saturated rings. The van der Waals surface area contributed by atoms with E-state index >= 15 is 0 Å². The lowest BCUT2D eigenvalue weighted by molar-refractivity contribution is 0.0793. The Labute approximate surface area is 117 Å². The van der Waals surface area contributed by atoms with E-state index in [2.05, 4.69) is 10.1 Å². The molecule has 1 heterocycles. The van der Waals surface area contributed by atoms with Crippen molar-refractivity contribution in [3.63, 3.8) is 0 Å². The summed E-state index contributed by atoms with van der Waals surface area (Å²) in [5, 5.41) is 11.6. The zero-order chi connectivity index (χ0) is 14.5. The third-order valence-electron chi connectivity index (χ3n) is 3.35. The largest absolute Gasteiger partial charge is 0.409 e. The first-order valence-corrected chi connectivity index (χ1v) is 6.66. The number of likely N-dealkylation sites (N-methyl/N-ethyl adjacent to an activating group) is 1. The average Bonchev–Trinajstić information content (AvgIpc) is 2.89. The Kier molecular flexibility index (Phi) is 4.92. The van der Waals surface area contributed by atoms with E-state index in [0.29, 0.717) is 12.1 Å². The lowest BCUT2D eigenvalue weighted by Gasteiger charge is -2.20. The number of benzene rings is 1. The maximum atomic E-state index is 13.5. The predicted octanol–water partition coefficient (Wildman–Crippen LogP) is 1.53. The van der Waals surface area contributed by atoms with Crippen LogP contribution in [-0.2, 0) is 11.3 Å². The van der Waals surface area contributed by atoms with Crippen molar-refractivity contribution in [3.8, 4) is 0 Å². The monoisotopic (exact) mass is 281 g/mol. The summed E-state index contributed by atoms with van der Waals surface area (Å²) in [6, 6.07) is 4.43. The van der Waals surface area contributed by atoms with E-state index in [-0.39, 0.29) is 11.9 Å². The number of nitrogens with zero attached hydrogens (tertiary/aromatic N) is 2. The molecule has 3 N–H and O–H groups in total. The van der Waals surface area contributed by atoms with Gasteiger partial charge in [-0.2, -0.15) is 0 Å². The van der Waals surface area contributed by atoms with Gasteiger partial charge in [-0.3, -0.25) is 4.90 Å². The quantitative estimate of drug-likeness (QED) is 0.371. The molecule has 1 aromatic carbocycles. The van der Waals surface area contributed by atoms with Crippen LogP contribution >= 0.6 is 0 Å². The van der Waals surface area contributed by atoms with Gasteiger partial charge >= 0.3 is 0 Å². The van der Waals surface area contributed by atoms with Crippen molar-refractivity contribution < 1.29 is 14.3 Å². The number of halogens is 1. The van der Waals surface area contributed by atoms with Gasteiger partial charge < -0.3 is 15.7 Å². The Balaban J connectivity index is 2.02. The molecule has 6 heteroatoms. The van der Waals surface area contributed by atoms with Crippen molar-refractivity contribution in [2.45, 2.75) is 25.5 Å². The van der Waals surface area contributed by atoms with Crippen molar-refractivity contribution in [3.05, 3.63) is 35.1 Å². The summed E-state index contributed by atoms with van der Waals surface area (Å²) in [6.07, 6.45) is 2.44. The molecule has 1 atom stereocenters.